The molecule has 19 heavy (non-hydrogen) atoms. The predicted molar refractivity (Wildman–Crippen MR) is 75.4 cm³/mol. The van der Waals surface area contributed by atoms with Crippen molar-refractivity contribution in [2.24, 2.45) is 5.41 Å². The third-order valence-electron chi connectivity index (χ3n) is 3.67. The fourth-order valence-electron chi connectivity index (χ4n) is 2.42. The summed E-state index contributed by atoms with van der Waals surface area (Å²) in [5.74, 6) is 0.208. The zero-order valence-corrected chi connectivity index (χ0v) is 11.9. The van der Waals surface area contributed by atoms with Gasteiger partial charge in [-0.2, -0.15) is 10.5 Å². The lowest BCUT2D eigenvalue weighted by atomic mass is 9.92. The number of pyridine rings is 1. The van der Waals surface area contributed by atoms with Crippen molar-refractivity contribution in [3.05, 3.63) is 17.2 Å². The van der Waals surface area contributed by atoms with Gasteiger partial charge in [-0.25, -0.2) is 4.98 Å². The molecule has 1 saturated carbocycles. The fraction of sp³-hybridized carbons (Fsp3) is 0.500. The standard InChI is InChI=1S/C14H16N4S/c1-14(2)5-3-4-11(14)19-13-10(8-16)6-9(7-15)12(17)18-13/h6,11H,3-5H2,1-2H3,(H2,17,18)/t11-/m1/s1. The highest BCUT2D eigenvalue weighted by atomic mass is 32.2. The molecule has 0 spiro atoms. The molecule has 0 aliphatic heterocycles. The van der Waals surface area contributed by atoms with Crippen LogP contribution in [0.25, 0.3) is 0 Å². The number of aromatic nitrogens is 1. The monoisotopic (exact) mass is 272 g/mol. The number of nitrogen functional groups attached to an aromatic ring is 1. The van der Waals surface area contributed by atoms with Crippen LogP contribution >= 0.6 is 11.8 Å². The highest BCUT2D eigenvalue weighted by Crippen LogP contribution is 2.47. The van der Waals surface area contributed by atoms with Crippen LogP contribution in [0, 0.1) is 28.1 Å². The summed E-state index contributed by atoms with van der Waals surface area (Å²) in [7, 11) is 0. The summed E-state index contributed by atoms with van der Waals surface area (Å²) in [6, 6.07) is 5.60. The Morgan fingerprint density at radius 2 is 2.05 bits per heavy atom. The third kappa shape index (κ3) is 2.67. The second-order valence-corrected chi connectivity index (χ2v) is 6.68. The Labute approximate surface area is 117 Å². The van der Waals surface area contributed by atoms with E-state index < -0.39 is 0 Å². The van der Waals surface area contributed by atoms with E-state index in [2.05, 4.69) is 24.9 Å². The lowest BCUT2D eigenvalue weighted by Crippen LogP contribution is -2.20. The van der Waals surface area contributed by atoms with Crippen molar-refractivity contribution in [1.29, 1.82) is 10.5 Å². The summed E-state index contributed by atoms with van der Waals surface area (Å²) in [5, 5.41) is 19.2. The van der Waals surface area contributed by atoms with Crippen LogP contribution in [0.4, 0.5) is 5.82 Å². The highest BCUT2D eigenvalue weighted by Gasteiger charge is 2.35. The number of nitriles is 2. The van der Waals surface area contributed by atoms with Gasteiger partial charge in [-0.05, 0) is 24.3 Å². The molecule has 1 aliphatic rings. The van der Waals surface area contributed by atoms with Gasteiger partial charge >= 0.3 is 0 Å². The SMILES string of the molecule is CC1(C)CCC[C@H]1Sc1nc(N)c(C#N)cc1C#N. The fourth-order valence-corrected chi connectivity index (χ4v) is 3.79. The summed E-state index contributed by atoms with van der Waals surface area (Å²) in [6.07, 6.45) is 3.53. The minimum Gasteiger partial charge on any atom is -0.383 e. The number of hydrogen-bond donors (Lipinski definition) is 1. The quantitative estimate of drug-likeness (QED) is 0.894. The molecule has 0 bridgehead atoms. The third-order valence-corrected chi connectivity index (χ3v) is 5.36. The zero-order chi connectivity index (χ0) is 14.0. The Balaban J connectivity index is 2.34. The van der Waals surface area contributed by atoms with Crippen molar-refractivity contribution in [3.8, 4) is 12.1 Å². The van der Waals surface area contributed by atoms with Crippen LogP contribution < -0.4 is 5.73 Å². The molecule has 5 heteroatoms. The van der Waals surface area contributed by atoms with Gasteiger partial charge in [-0.15, -0.1) is 11.8 Å². The number of nitrogens with zero attached hydrogens (tertiary/aromatic N) is 3. The number of hydrogen-bond acceptors (Lipinski definition) is 5. The van der Waals surface area contributed by atoms with Crippen molar-refractivity contribution < 1.29 is 0 Å². The minimum absolute atomic E-state index is 0.208. The van der Waals surface area contributed by atoms with Crippen molar-refractivity contribution in [1.82, 2.24) is 4.98 Å². The molecule has 0 saturated heterocycles. The first-order chi connectivity index (χ1) is 8.97. The van der Waals surface area contributed by atoms with E-state index in [0.29, 0.717) is 15.8 Å². The maximum Gasteiger partial charge on any atom is 0.142 e. The van der Waals surface area contributed by atoms with E-state index in [1.165, 1.54) is 18.9 Å². The molecule has 4 nitrogen and oxygen atoms in total. The first kappa shape index (κ1) is 13.7. The number of rotatable bonds is 2. The van der Waals surface area contributed by atoms with E-state index in [4.69, 9.17) is 11.0 Å². The highest BCUT2D eigenvalue weighted by molar-refractivity contribution is 8.00. The lowest BCUT2D eigenvalue weighted by molar-refractivity contribution is 0.393. The predicted octanol–water partition coefficient (Wildman–Crippen LogP) is 3.08. The molecule has 1 aromatic heterocycles. The zero-order valence-electron chi connectivity index (χ0n) is 11.1. The second kappa shape index (κ2) is 5.11. The molecule has 2 N–H and O–H groups in total. The van der Waals surface area contributed by atoms with Gasteiger partial charge in [0, 0.05) is 5.25 Å². The average molecular weight is 272 g/mol. The molecule has 0 radical (unpaired) electrons. The molecule has 0 amide bonds. The van der Waals surface area contributed by atoms with Crippen LogP contribution in [0.15, 0.2) is 11.1 Å². The van der Waals surface area contributed by atoms with Crippen LogP contribution in [0.5, 0.6) is 0 Å². The van der Waals surface area contributed by atoms with Gasteiger partial charge < -0.3 is 5.73 Å². The Hall–Kier alpha value is -1.72. The molecular weight excluding hydrogens is 256 g/mol. The summed E-state index contributed by atoms with van der Waals surface area (Å²) >= 11 is 1.62. The van der Waals surface area contributed by atoms with Crippen LogP contribution in [0.2, 0.25) is 0 Å². The molecule has 1 heterocycles. The van der Waals surface area contributed by atoms with Gasteiger partial charge in [0.1, 0.15) is 23.0 Å². The number of anilines is 1. The van der Waals surface area contributed by atoms with Gasteiger partial charge in [-0.3, -0.25) is 0 Å². The topological polar surface area (TPSA) is 86.5 Å². The van der Waals surface area contributed by atoms with Crippen molar-refractivity contribution in [3.63, 3.8) is 0 Å². The number of thioether (sulfide) groups is 1. The first-order valence-corrected chi connectivity index (χ1v) is 7.13. The van der Waals surface area contributed by atoms with E-state index >= 15 is 0 Å². The normalized spacial score (nSPS) is 20.7. The Morgan fingerprint density at radius 3 is 2.58 bits per heavy atom. The van der Waals surface area contributed by atoms with E-state index in [1.807, 2.05) is 6.07 Å². The second-order valence-electron chi connectivity index (χ2n) is 5.48. The molecule has 2 rings (SSSR count). The Bertz CT molecular complexity index is 580. The first-order valence-electron chi connectivity index (χ1n) is 6.25. The van der Waals surface area contributed by atoms with E-state index in [0.717, 1.165) is 6.42 Å². The Kier molecular flexibility index (Phi) is 3.68. The molecule has 1 aliphatic carbocycles. The largest absolute Gasteiger partial charge is 0.383 e. The van der Waals surface area contributed by atoms with Crippen molar-refractivity contribution in [2.45, 2.75) is 43.4 Å². The number of nitrogens with two attached hydrogens (primary N) is 1. The van der Waals surface area contributed by atoms with Gasteiger partial charge in [0.05, 0.1) is 11.1 Å². The maximum atomic E-state index is 9.18. The van der Waals surface area contributed by atoms with E-state index in [9.17, 15) is 5.26 Å². The van der Waals surface area contributed by atoms with E-state index in [1.54, 1.807) is 11.8 Å². The molecule has 1 atom stereocenters. The van der Waals surface area contributed by atoms with Gasteiger partial charge in [0.15, 0.2) is 0 Å². The van der Waals surface area contributed by atoms with Crippen molar-refractivity contribution in [2.75, 3.05) is 5.73 Å². The van der Waals surface area contributed by atoms with Crippen molar-refractivity contribution >= 4 is 17.6 Å². The smallest absolute Gasteiger partial charge is 0.142 e. The molecular formula is C14H16N4S. The van der Waals surface area contributed by atoms with Crippen LogP contribution in [-0.4, -0.2) is 10.2 Å². The minimum atomic E-state index is 0.208. The summed E-state index contributed by atoms with van der Waals surface area (Å²) in [6.45, 7) is 4.49. The summed E-state index contributed by atoms with van der Waals surface area (Å²) < 4.78 is 0. The van der Waals surface area contributed by atoms with Crippen LogP contribution in [-0.2, 0) is 0 Å². The molecule has 1 aromatic rings. The van der Waals surface area contributed by atoms with Gasteiger partial charge in [0.2, 0.25) is 0 Å². The van der Waals surface area contributed by atoms with Crippen LogP contribution in [0.3, 0.4) is 0 Å². The Morgan fingerprint density at radius 1 is 1.37 bits per heavy atom. The molecule has 98 valence electrons. The van der Waals surface area contributed by atoms with E-state index in [-0.39, 0.29) is 16.8 Å². The average Bonchev–Trinajstić information content (AvgIpc) is 2.69. The van der Waals surface area contributed by atoms with Gasteiger partial charge in [-0.1, -0.05) is 20.3 Å². The summed E-state index contributed by atoms with van der Waals surface area (Å²) in [5.41, 5.74) is 6.71. The molecule has 1 fully saturated rings. The molecule has 0 unspecified atom stereocenters. The maximum absolute atomic E-state index is 9.18. The summed E-state index contributed by atoms with van der Waals surface area (Å²) in [4.78, 5) is 4.24. The molecule has 0 aromatic carbocycles. The van der Waals surface area contributed by atoms with Gasteiger partial charge in [0.25, 0.3) is 0 Å². The lowest BCUT2D eigenvalue weighted by Gasteiger charge is -2.26. The van der Waals surface area contributed by atoms with Crippen LogP contribution in [0.1, 0.15) is 44.2 Å².